The molecule has 3 N–H and O–H groups in total. The zero-order valence-corrected chi connectivity index (χ0v) is 17.3. The van der Waals surface area contributed by atoms with Gasteiger partial charge in [-0.2, -0.15) is 0 Å². The van der Waals surface area contributed by atoms with Crippen LogP contribution in [0.4, 0.5) is 0 Å². The largest absolute Gasteiger partial charge is 0.456 e. The Morgan fingerprint density at radius 3 is 2.29 bits per heavy atom. The highest BCUT2D eigenvalue weighted by Gasteiger charge is 2.14. The maximum absolute atomic E-state index is 12.5. The van der Waals surface area contributed by atoms with Gasteiger partial charge >= 0.3 is 0 Å². The summed E-state index contributed by atoms with van der Waals surface area (Å²) >= 11 is 6.11. The topological polar surface area (TPSA) is 87.7 Å². The standard InChI is InChI=1S/C24H21ClN2O4/c25-20-8-4-5-9-22(20)31-19-12-10-17(11-13-19)16-21(24(30)26-14-15-28)27-23(29)18-6-2-1-3-7-18/h1-13,16,28H,14-15H2,(H,26,30)(H,27,29)/b21-16+. The van der Waals surface area contributed by atoms with Crippen LogP contribution in [0.5, 0.6) is 11.5 Å². The van der Waals surface area contributed by atoms with Gasteiger partial charge in [0, 0.05) is 12.1 Å². The average Bonchev–Trinajstić information content (AvgIpc) is 2.80. The van der Waals surface area contributed by atoms with Crippen LogP contribution in [0.25, 0.3) is 6.08 Å². The van der Waals surface area contributed by atoms with Crippen LogP contribution in [0.1, 0.15) is 15.9 Å². The Balaban J connectivity index is 1.79. The van der Waals surface area contributed by atoms with E-state index in [2.05, 4.69) is 10.6 Å². The number of aliphatic hydroxyl groups is 1. The lowest BCUT2D eigenvalue weighted by molar-refractivity contribution is -0.117. The van der Waals surface area contributed by atoms with E-state index in [1.54, 1.807) is 72.8 Å². The summed E-state index contributed by atoms with van der Waals surface area (Å²) in [5, 5.41) is 14.7. The molecular formula is C24H21ClN2O4. The number of ether oxygens (including phenoxy) is 1. The third-order valence-electron chi connectivity index (χ3n) is 4.18. The Morgan fingerprint density at radius 1 is 0.935 bits per heavy atom. The molecule has 2 amide bonds. The third-order valence-corrected chi connectivity index (χ3v) is 4.49. The number of aliphatic hydroxyl groups excluding tert-OH is 1. The number of hydrogen-bond acceptors (Lipinski definition) is 4. The second kappa shape index (κ2) is 11.0. The minimum atomic E-state index is -0.505. The molecule has 0 radical (unpaired) electrons. The van der Waals surface area contributed by atoms with Crippen LogP contribution in [0.2, 0.25) is 5.02 Å². The highest BCUT2D eigenvalue weighted by molar-refractivity contribution is 6.32. The molecule has 0 spiro atoms. The number of amides is 2. The molecule has 31 heavy (non-hydrogen) atoms. The van der Waals surface area contributed by atoms with E-state index >= 15 is 0 Å². The fraction of sp³-hybridized carbons (Fsp3) is 0.0833. The number of benzene rings is 3. The number of carbonyl (C=O) groups is 2. The zero-order chi connectivity index (χ0) is 22.1. The summed E-state index contributed by atoms with van der Waals surface area (Å²) in [7, 11) is 0. The fourth-order valence-electron chi connectivity index (χ4n) is 2.66. The van der Waals surface area contributed by atoms with Crippen molar-refractivity contribution in [3.63, 3.8) is 0 Å². The van der Waals surface area contributed by atoms with Crippen LogP contribution >= 0.6 is 11.6 Å². The van der Waals surface area contributed by atoms with Gasteiger partial charge in [-0.05, 0) is 48.0 Å². The van der Waals surface area contributed by atoms with Gasteiger partial charge in [0.25, 0.3) is 11.8 Å². The Bertz CT molecular complexity index is 1070. The third kappa shape index (κ3) is 6.44. The molecule has 0 saturated carbocycles. The SMILES string of the molecule is O=C(NCCO)/C(=C\c1ccc(Oc2ccccc2Cl)cc1)NC(=O)c1ccccc1. The number of nitrogens with one attached hydrogen (secondary N) is 2. The Labute approximate surface area is 185 Å². The molecule has 0 heterocycles. The van der Waals surface area contributed by atoms with Gasteiger partial charge in [-0.15, -0.1) is 0 Å². The van der Waals surface area contributed by atoms with E-state index in [-0.39, 0.29) is 18.8 Å². The minimum Gasteiger partial charge on any atom is -0.456 e. The predicted octanol–water partition coefficient (Wildman–Crippen LogP) is 4.01. The monoisotopic (exact) mass is 436 g/mol. The summed E-state index contributed by atoms with van der Waals surface area (Å²) in [5.74, 6) is 0.191. The molecule has 0 bridgehead atoms. The van der Waals surface area contributed by atoms with E-state index in [0.717, 1.165) is 0 Å². The molecule has 7 heteroatoms. The molecule has 6 nitrogen and oxygen atoms in total. The molecule has 3 aromatic carbocycles. The predicted molar refractivity (Wildman–Crippen MR) is 120 cm³/mol. The van der Waals surface area contributed by atoms with Crippen molar-refractivity contribution in [2.45, 2.75) is 0 Å². The molecule has 3 rings (SSSR count). The number of hydrogen-bond donors (Lipinski definition) is 3. The summed E-state index contributed by atoms with van der Waals surface area (Å²) in [6, 6.07) is 22.7. The average molecular weight is 437 g/mol. The van der Waals surface area contributed by atoms with Crippen LogP contribution in [-0.4, -0.2) is 30.1 Å². The molecule has 0 aliphatic carbocycles. The van der Waals surface area contributed by atoms with E-state index in [1.807, 2.05) is 12.1 Å². The summed E-state index contributed by atoms with van der Waals surface area (Å²) in [5.41, 5.74) is 1.16. The van der Waals surface area contributed by atoms with Crippen LogP contribution in [0.3, 0.4) is 0 Å². The van der Waals surface area contributed by atoms with Crippen molar-refractivity contribution >= 4 is 29.5 Å². The van der Waals surface area contributed by atoms with Crippen LogP contribution in [0.15, 0.2) is 84.6 Å². The normalized spacial score (nSPS) is 11.0. The molecule has 0 unspecified atom stereocenters. The first-order valence-corrected chi connectivity index (χ1v) is 9.94. The molecule has 0 aliphatic rings. The van der Waals surface area contributed by atoms with E-state index < -0.39 is 11.8 Å². The first-order chi connectivity index (χ1) is 15.1. The maximum Gasteiger partial charge on any atom is 0.267 e. The van der Waals surface area contributed by atoms with Gasteiger partial charge in [0.1, 0.15) is 17.2 Å². The molecule has 158 valence electrons. The summed E-state index contributed by atoms with van der Waals surface area (Å²) < 4.78 is 5.76. The second-order valence-electron chi connectivity index (χ2n) is 6.46. The summed E-state index contributed by atoms with van der Waals surface area (Å²) in [6.45, 7) is -0.137. The smallest absolute Gasteiger partial charge is 0.267 e. The highest BCUT2D eigenvalue weighted by atomic mass is 35.5. The Hall–Kier alpha value is -3.61. The van der Waals surface area contributed by atoms with E-state index in [1.165, 1.54) is 0 Å². The quantitative estimate of drug-likeness (QED) is 0.465. The van der Waals surface area contributed by atoms with Crippen molar-refractivity contribution in [3.05, 3.63) is 101 Å². The second-order valence-corrected chi connectivity index (χ2v) is 6.87. The molecule has 0 atom stereocenters. The van der Waals surface area contributed by atoms with Gasteiger partial charge in [0.2, 0.25) is 0 Å². The number of para-hydroxylation sites is 1. The number of rotatable bonds is 8. The van der Waals surface area contributed by atoms with Gasteiger partial charge in [-0.1, -0.05) is 54.1 Å². The van der Waals surface area contributed by atoms with Crippen LogP contribution < -0.4 is 15.4 Å². The van der Waals surface area contributed by atoms with Gasteiger partial charge in [0.15, 0.2) is 0 Å². The lowest BCUT2D eigenvalue weighted by Crippen LogP contribution is -2.36. The molecular weight excluding hydrogens is 416 g/mol. The molecule has 0 saturated heterocycles. The van der Waals surface area contributed by atoms with E-state index in [9.17, 15) is 9.59 Å². The van der Waals surface area contributed by atoms with Gasteiger partial charge < -0.3 is 20.5 Å². The van der Waals surface area contributed by atoms with Crippen LogP contribution in [0, 0.1) is 0 Å². The van der Waals surface area contributed by atoms with E-state index in [0.29, 0.717) is 27.6 Å². The van der Waals surface area contributed by atoms with Crippen molar-refractivity contribution in [1.29, 1.82) is 0 Å². The Kier molecular flexibility index (Phi) is 7.81. The molecule has 0 aliphatic heterocycles. The first-order valence-electron chi connectivity index (χ1n) is 9.56. The molecule has 0 aromatic heterocycles. The number of halogens is 1. The Morgan fingerprint density at radius 2 is 1.61 bits per heavy atom. The maximum atomic E-state index is 12.5. The van der Waals surface area contributed by atoms with Crippen molar-refractivity contribution < 1.29 is 19.4 Å². The van der Waals surface area contributed by atoms with Gasteiger partial charge in [-0.25, -0.2) is 0 Å². The summed E-state index contributed by atoms with van der Waals surface area (Å²) in [4.78, 5) is 25.0. The van der Waals surface area contributed by atoms with Crippen molar-refractivity contribution in [1.82, 2.24) is 10.6 Å². The zero-order valence-electron chi connectivity index (χ0n) is 16.5. The van der Waals surface area contributed by atoms with Gasteiger partial charge in [-0.3, -0.25) is 9.59 Å². The van der Waals surface area contributed by atoms with Crippen molar-refractivity contribution in [2.75, 3.05) is 13.2 Å². The van der Waals surface area contributed by atoms with Crippen LogP contribution in [-0.2, 0) is 4.79 Å². The summed E-state index contributed by atoms with van der Waals surface area (Å²) in [6.07, 6.45) is 1.55. The van der Waals surface area contributed by atoms with Crippen molar-refractivity contribution in [3.8, 4) is 11.5 Å². The molecule has 0 fully saturated rings. The minimum absolute atomic E-state index is 0.0575. The van der Waals surface area contributed by atoms with E-state index in [4.69, 9.17) is 21.4 Å². The number of carbonyl (C=O) groups excluding carboxylic acids is 2. The first kappa shape index (κ1) is 22.1. The highest BCUT2D eigenvalue weighted by Crippen LogP contribution is 2.29. The molecule has 3 aromatic rings. The lowest BCUT2D eigenvalue weighted by atomic mass is 10.1. The van der Waals surface area contributed by atoms with Crippen molar-refractivity contribution in [2.24, 2.45) is 0 Å². The fourth-order valence-corrected chi connectivity index (χ4v) is 2.83. The van der Waals surface area contributed by atoms with Gasteiger partial charge in [0.05, 0.1) is 11.6 Å². The lowest BCUT2D eigenvalue weighted by Gasteiger charge is -2.11.